The molecule has 0 aliphatic carbocycles. The molecule has 4 heterocycles. The summed E-state index contributed by atoms with van der Waals surface area (Å²) in [6.07, 6.45) is 10.8. The van der Waals surface area contributed by atoms with Crippen LogP contribution < -0.4 is 16.4 Å². The van der Waals surface area contributed by atoms with Gasteiger partial charge in [-0.3, -0.25) is 9.48 Å². The van der Waals surface area contributed by atoms with Crippen molar-refractivity contribution in [3.05, 3.63) is 36.4 Å². The number of nitrogens with one attached hydrogen (secondary N) is 2. The van der Waals surface area contributed by atoms with Crippen molar-refractivity contribution in [3.8, 4) is 0 Å². The zero-order valence-electron chi connectivity index (χ0n) is 13.1. The molecule has 0 aromatic carbocycles. The fourth-order valence-corrected chi connectivity index (χ4v) is 3.31. The van der Waals surface area contributed by atoms with Crippen molar-refractivity contribution in [1.82, 2.24) is 25.1 Å². The smallest absolute Gasteiger partial charge is 0.239 e. The average molecular weight is 325 g/mol. The molecule has 24 heavy (non-hydrogen) atoms. The molecule has 1 fully saturated rings. The SMILES string of the molecule is NC(=O)Cn1cc(Nc2nccc(C3=CC4CCC(C3)N4)n2)cn1. The van der Waals surface area contributed by atoms with Crippen molar-refractivity contribution < 1.29 is 4.79 Å². The lowest BCUT2D eigenvalue weighted by molar-refractivity contribution is -0.118. The van der Waals surface area contributed by atoms with Crippen LogP contribution in [0.4, 0.5) is 11.6 Å². The molecule has 8 heteroatoms. The lowest BCUT2D eigenvalue weighted by Crippen LogP contribution is -2.32. The molecule has 2 aliphatic rings. The third-order valence-corrected chi connectivity index (χ3v) is 4.34. The number of aromatic nitrogens is 4. The second-order valence-electron chi connectivity index (χ2n) is 6.23. The van der Waals surface area contributed by atoms with E-state index >= 15 is 0 Å². The fourth-order valence-electron chi connectivity index (χ4n) is 3.31. The molecule has 2 aromatic heterocycles. The van der Waals surface area contributed by atoms with E-state index in [1.807, 2.05) is 6.07 Å². The number of fused-ring (bicyclic) bond motifs is 2. The van der Waals surface area contributed by atoms with Gasteiger partial charge >= 0.3 is 0 Å². The first-order chi connectivity index (χ1) is 11.7. The van der Waals surface area contributed by atoms with E-state index in [1.54, 1.807) is 18.6 Å². The minimum absolute atomic E-state index is 0.0469. The number of nitrogens with zero attached hydrogens (tertiary/aromatic N) is 4. The van der Waals surface area contributed by atoms with Gasteiger partial charge in [-0.15, -0.1) is 0 Å². The molecule has 0 radical (unpaired) electrons. The summed E-state index contributed by atoms with van der Waals surface area (Å²) in [7, 11) is 0. The Morgan fingerprint density at radius 3 is 3.21 bits per heavy atom. The van der Waals surface area contributed by atoms with E-state index in [1.165, 1.54) is 23.1 Å². The molecule has 2 aliphatic heterocycles. The third-order valence-electron chi connectivity index (χ3n) is 4.34. The molecular weight excluding hydrogens is 306 g/mol. The Labute approximate surface area is 139 Å². The van der Waals surface area contributed by atoms with Crippen LogP contribution in [-0.4, -0.2) is 37.7 Å². The van der Waals surface area contributed by atoms with Gasteiger partial charge in [-0.2, -0.15) is 5.10 Å². The van der Waals surface area contributed by atoms with Crippen LogP contribution in [0.15, 0.2) is 30.7 Å². The first kappa shape index (κ1) is 14.8. The molecule has 4 rings (SSSR count). The van der Waals surface area contributed by atoms with E-state index in [4.69, 9.17) is 5.73 Å². The number of nitrogens with two attached hydrogens (primary N) is 1. The topological polar surface area (TPSA) is 111 Å². The zero-order valence-corrected chi connectivity index (χ0v) is 13.1. The number of carbonyl (C=O) groups excluding carboxylic acids is 1. The highest BCUT2D eigenvalue weighted by Gasteiger charge is 2.28. The maximum Gasteiger partial charge on any atom is 0.239 e. The highest BCUT2D eigenvalue weighted by Crippen LogP contribution is 2.31. The Hall–Kier alpha value is -2.74. The van der Waals surface area contributed by atoms with Crippen molar-refractivity contribution in [2.75, 3.05) is 5.32 Å². The standard InChI is InChI=1S/C16H19N7O/c17-15(24)9-23-8-13(7-19-23)21-16-18-4-3-14(22-16)10-5-11-1-2-12(6-10)20-11/h3-5,7-8,11-12,20H,1-2,6,9H2,(H2,17,24)(H,18,21,22). The Bertz CT molecular complexity index is 797. The summed E-state index contributed by atoms with van der Waals surface area (Å²) in [6.45, 7) is 0.0469. The molecule has 2 unspecified atom stereocenters. The second kappa shape index (κ2) is 6.04. The minimum Gasteiger partial charge on any atom is -0.368 e. The maximum absolute atomic E-state index is 10.9. The summed E-state index contributed by atoms with van der Waals surface area (Å²) in [5.41, 5.74) is 8.10. The van der Waals surface area contributed by atoms with Crippen LogP contribution in [0.2, 0.25) is 0 Å². The van der Waals surface area contributed by atoms with E-state index < -0.39 is 5.91 Å². The maximum atomic E-state index is 10.9. The van der Waals surface area contributed by atoms with Crippen LogP contribution in [0, 0.1) is 0 Å². The molecular formula is C16H19N7O. The second-order valence-corrected chi connectivity index (χ2v) is 6.23. The molecule has 2 bridgehead atoms. The van der Waals surface area contributed by atoms with Gasteiger partial charge in [0, 0.05) is 24.5 Å². The Morgan fingerprint density at radius 1 is 1.46 bits per heavy atom. The number of hydrogen-bond acceptors (Lipinski definition) is 6. The van der Waals surface area contributed by atoms with Crippen LogP contribution in [0.25, 0.3) is 5.57 Å². The highest BCUT2D eigenvalue weighted by atomic mass is 16.1. The quantitative estimate of drug-likeness (QED) is 0.750. The number of rotatable bonds is 5. The third kappa shape index (κ3) is 3.13. The molecule has 0 spiro atoms. The zero-order chi connectivity index (χ0) is 16.5. The van der Waals surface area contributed by atoms with Crippen molar-refractivity contribution in [2.45, 2.75) is 37.9 Å². The van der Waals surface area contributed by atoms with E-state index in [0.29, 0.717) is 23.7 Å². The number of hydrogen-bond donors (Lipinski definition) is 3. The van der Waals surface area contributed by atoms with Gasteiger partial charge in [0.05, 0.1) is 17.6 Å². The normalized spacial score (nSPS) is 22.2. The summed E-state index contributed by atoms with van der Waals surface area (Å²) in [5.74, 6) is 0.0771. The Kier molecular flexibility index (Phi) is 3.73. The number of anilines is 2. The van der Waals surface area contributed by atoms with Crippen molar-refractivity contribution in [3.63, 3.8) is 0 Å². The van der Waals surface area contributed by atoms with Gasteiger partial charge in [0.2, 0.25) is 11.9 Å². The van der Waals surface area contributed by atoms with E-state index in [-0.39, 0.29) is 6.54 Å². The average Bonchev–Trinajstić information content (AvgIpc) is 3.13. The first-order valence-corrected chi connectivity index (χ1v) is 8.04. The van der Waals surface area contributed by atoms with Crippen LogP contribution in [-0.2, 0) is 11.3 Å². The van der Waals surface area contributed by atoms with Gasteiger partial charge in [0.25, 0.3) is 0 Å². The molecule has 4 N–H and O–H groups in total. The molecule has 2 atom stereocenters. The van der Waals surface area contributed by atoms with Gasteiger partial charge < -0.3 is 16.4 Å². The molecule has 8 nitrogen and oxygen atoms in total. The monoisotopic (exact) mass is 325 g/mol. The Balaban J connectivity index is 1.51. The summed E-state index contributed by atoms with van der Waals surface area (Å²) in [4.78, 5) is 19.8. The molecule has 2 aromatic rings. The summed E-state index contributed by atoms with van der Waals surface area (Å²) in [6, 6.07) is 2.98. The molecule has 1 amide bonds. The molecule has 1 saturated heterocycles. The Morgan fingerprint density at radius 2 is 2.38 bits per heavy atom. The van der Waals surface area contributed by atoms with Crippen LogP contribution in [0.1, 0.15) is 25.0 Å². The predicted molar refractivity (Wildman–Crippen MR) is 89.3 cm³/mol. The largest absolute Gasteiger partial charge is 0.368 e. The van der Waals surface area contributed by atoms with Crippen LogP contribution >= 0.6 is 0 Å². The number of amides is 1. The molecule has 0 saturated carbocycles. The fraction of sp³-hybridized carbons (Fsp3) is 0.375. The van der Waals surface area contributed by atoms with Crippen LogP contribution in [0.5, 0.6) is 0 Å². The van der Waals surface area contributed by atoms with Gasteiger partial charge in [0.15, 0.2) is 0 Å². The number of carbonyl (C=O) groups is 1. The van der Waals surface area contributed by atoms with E-state index in [2.05, 4.69) is 31.8 Å². The van der Waals surface area contributed by atoms with Crippen molar-refractivity contribution in [1.29, 1.82) is 0 Å². The van der Waals surface area contributed by atoms with Crippen molar-refractivity contribution >= 4 is 23.1 Å². The first-order valence-electron chi connectivity index (χ1n) is 8.04. The lowest BCUT2D eigenvalue weighted by Gasteiger charge is -2.21. The van der Waals surface area contributed by atoms with Gasteiger partial charge in [0.1, 0.15) is 6.54 Å². The summed E-state index contributed by atoms with van der Waals surface area (Å²) >= 11 is 0. The van der Waals surface area contributed by atoms with Gasteiger partial charge in [-0.05, 0) is 30.9 Å². The minimum atomic E-state index is -0.435. The molecule has 124 valence electrons. The van der Waals surface area contributed by atoms with Crippen LogP contribution in [0.3, 0.4) is 0 Å². The summed E-state index contributed by atoms with van der Waals surface area (Å²) in [5, 5.41) is 10.8. The number of primary amides is 1. The van der Waals surface area contributed by atoms with E-state index in [9.17, 15) is 4.79 Å². The van der Waals surface area contributed by atoms with Gasteiger partial charge in [-0.1, -0.05) is 6.08 Å². The lowest BCUT2D eigenvalue weighted by atomic mass is 10.0. The summed E-state index contributed by atoms with van der Waals surface area (Å²) < 4.78 is 1.47. The predicted octanol–water partition coefficient (Wildman–Crippen LogP) is 0.810. The van der Waals surface area contributed by atoms with Crippen molar-refractivity contribution in [2.24, 2.45) is 5.73 Å². The van der Waals surface area contributed by atoms with E-state index in [0.717, 1.165) is 12.1 Å². The van der Waals surface area contributed by atoms with Gasteiger partial charge in [-0.25, -0.2) is 9.97 Å². The highest BCUT2D eigenvalue weighted by molar-refractivity contribution is 5.73.